The maximum atomic E-state index is 15.1. The van der Waals surface area contributed by atoms with E-state index in [4.69, 9.17) is 0 Å². The average Bonchev–Trinajstić information content (AvgIpc) is 3.31. The van der Waals surface area contributed by atoms with Crippen LogP contribution in [0.2, 0.25) is 0 Å². The zero-order valence-corrected chi connectivity index (χ0v) is 17.3. The van der Waals surface area contributed by atoms with Crippen LogP contribution in [0, 0.1) is 11.8 Å². The third-order valence-electron chi connectivity index (χ3n) is 6.46. The van der Waals surface area contributed by atoms with Crippen LogP contribution < -0.4 is 5.32 Å². The summed E-state index contributed by atoms with van der Waals surface area (Å²) < 4.78 is 16.9. The number of benzene rings is 1. The third kappa shape index (κ3) is 3.72. The van der Waals surface area contributed by atoms with E-state index in [1.54, 1.807) is 41.6 Å². The lowest BCUT2D eigenvalue weighted by atomic mass is 9.73. The summed E-state index contributed by atoms with van der Waals surface area (Å²) in [5.74, 6) is 0.657. The van der Waals surface area contributed by atoms with Gasteiger partial charge in [-0.25, -0.2) is 14.4 Å². The number of aromatic hydroxyl groups is 1. The third-order valence-corrected chi connectivity index (χ3v) is 6.46. The summed E-state index contributed by atoms with van der Waals surface area (Å²) in [6, 6.07) is 5.42. The van der Waals surface area contributed by atoms with Crippen molar-refractivity contribution in [3.05, 3.63) is 55.5 Å². The van der Waals surface area contributed by atoms with Gasteiger partial charge in [-0.3, -0.25) is 0 Å². The largest absolute Gasteiger partial charge is 0.507 e. The lowest BCUT2D eigenvalue weighted by molar-refractivity contribution is 0.0771. The molecule has 5 rings (SSSR count). The lowest BCUT2D eigenvalue weighted by Crippen LogP contribution is -2.57. The number of nitrogens with zero attached hydrogens (tertiary/aromatic N) is 5. The van der Waals surface area contributed by atoms with Crippen molar-refractivity contribution < 1.29 is 9.50 Å². The SMILES string of the molecule is C=C(c1ncc(-c2ccc(-n3ccnc3)cc2O)nn1)[C@H]1CC2CC(C)CC(N2)[C@@H]1F. The molecular formula is C23H25FN6O. The molecule has 160 valence electrons. The summed E-state index contributed by atoms with van der Waals surface area (Å²) in [5.41, 5.74) is 2.34. The van der Waals surface area contributed by atoms with Crippen LogP contribution in [-0.2, 0) is 0 Å². The fraction of sp³-hybridized carbons (Fsp3) is 0.391. The number of alkyl halides is 1. The van der Waals surface area contributed by atoms with Gasteiger partial charge in [-0.2, -0.15) is 0 Å². The van der Waals surface area contributed by atoms with Gasteiger partial charge >= 0.3 is 0 Å². The van der Waals surface area contributed by atoms with Crippen LogP contribution in [0.1, 0.15) is 32.0 Å². The van der Waals surface area contributed by atoms with Crippen molar-refractivity contribution in [3.63, 3.8) is 0 Å². The Morgan fingerprint density at radius 1 is 1.26 bits per heavy atom. The summed E-state index contributed by atoms with van der Waals surface area (Å²) in [4.78, 5) is 8.41. The zero-order chi connectivity index (χ0) is 21.5. The van der Waals surface area contributed by atoms with E-state index in [1.165, 1.54) is 0 Å². The van der Waals surface area contributed by atoms with Gasteiger partial charge in [-0.05, 0) is 42.9 Å². The van der Waals surface area contributed by atoms with Crippen molar-refractivity contribution >= 4 is 5.57 Å². The average molecular weight is 420 g/mol. The second kappa shape index (κ2) is 7.85. The molecule has 0 radical (unpaired) electrons. The van der Waals surface area contributed by atoms with Gasteiger partial charge in [0.15, 0.2) is 5.82 Å². The smallest absolute Gasteiger partial charge is 0.177 e. The number of phenols is 1. The van der Waals surface area contributed by atoms with Crippen LogP contribution in [0.5, 0.6) is 5.75 Å². The van der Waals surface area contributed by atoms with E-state index in [1.807, 2.05) is 6.07 Å². The topological polar surface area (TPSA) is 88.8 Å². The first-order chi connectivity index (χ1) is 15.0. The normalized spacial score (nSPS) is 27.7. The monoisotopic (exact) mass is 420 g/mol. The second-order valence-electron chi connectivity index (χ2n) is 8.70. The van der Waals surface area contributed by atoms with Gasteiger partial charge in [0.05, 0.1) is 18.2 Å². The molecule has 2 aromatic heterocycles. The van der Waals surface area contributed by atoms with Crippen molar-refractivity contribution in [2.24, 2.45) is 11.8 Å². The van der Waals surface area contributed by atoms with Crippen molar-refractivity contribution in [2.75, 3.05) is 0 Å². The molecule has 8 heteroatoms. The molecule has 0 saturated carbocycles. The number of hydrogen-bond donors (Lipinski definition) is 2. The van der Waals surface area contributed by atoms with Gasteiger partial charge < -0.3 is 15.0 Å². The Morgan fingerprint density at radius 3 is 2.84 bits per heavy atom. The summed E-state index contributed by atoms with van der Waals surface area (Å²) in [6.45, 7) is 6.30. The van der Waals surface area contributed by atoms with Crippen LogP contribution in [-0.4, -0.2) is 48.1 Å². The minimum atomic E-state index is -1.01. The summed E-state index contributed by atoms with van der Waals surface area (Å²) >= 11 is 0. The van der Waals surface area contributed by atoms with Gasteiger partial charge in [0, 0.05) is 42.0 Å². The summed E-state index contributed by atoms with van der Waals surface area (Å²) in [7, 11) is 0. The first-order valence-corrected chi connectivity index (χ1v) is 10.6. The Bertz CT molecular complexity index is 1080. The number of halogens is 1. The molecule has 0 spiro atoms. The fourth-order valence-corrected chi connectivity index (χ4v) is 4.91. The molecule has 2 aliphatic rings. The van der Waals surface area contributed by atoms with Gasteiger partial charge in [0.2, 0.25) is 0 Å². The molecule has 2 saturated heterocycles. The van der Waals surface area contributed by atoms with E-state index in [0.29, 0.717) is 41.0 Å². The van der Waals surface area contributed by atoms with Crippen LogP contribution in [0.25, 0.3) is 22.5 Å². The molecule has 31 heavy (non-hydrogen) atoms. The van der Waals surface area contributed by atoms with Gasteiger partial charge in [0.1, 0.15) is 17.6 Å². The van der Waals surface area contributed by atoms with Crippen LogP contribution in [0.3, 0.4) is 0 Å². The number of hydrogen-bond acceptors (Lipinski definition) is 6. The number of piperidine rings is 2. The van der Waals surface area contributed by atoms with Gasteiger partial charge in [-0.15, -0.1) is 10.2 Å². The Balaban J connectivity index is 1.35. The molecule has 7 nitrogen and oxygen atoms in total. The first-order valence-electron chi connectivity index (χ1n) is 10.6. The minimum Gasteiger partial charge on any atom is -0.507 e. The van der Waals surface area contributed by atoms with Crippen molar-refractivity contribution in [2.45, 2.75) is 44.4 Å². The van der Waals surface area contributed by atoms with E-state index >= 15 is 4.39 Å². The van der Waals surface area contributed by atoms with E-state index < -0.39 is 6.17 Å². The standard InChI is InChI=1S/C23H25FN6O/c1-13-7-15-9-18(22(24)19(8-13)27-15)14(2)23-26-11-20(28-29-23)17-4-3-16(10-21(17)31)30-6-5-25-12-30/h3-6,10-13,15,18-19,22,27,31H,2,7-9H2,1H3/t13?,15?,18-,19?,22-/m1/s1. The molecule has 0 amide bonds. The molecule has 2 aliphatic heterocycles. The summed E-state index contributed by atoms with van der Waals surface area (Å²) in [5, 5.41) is 22.3. The number of rotatable bonds is 4. The van der Waals surface area contributed by atoms with E-state index in [2.05, 4.69) is 39.0 Å². The maximum absolute atomic E-state index is 15.1. The zero-order valence-electron chi connectivity index (χ0n) is 17.3. The molecule has 0 aliphatic carbocycles. The predicted molar refractivity (Wildman–Crippen MR) is 115 cm³/mol. The Morgan fingerprint density at radius 2 is 2.13 bits per heavy atom. The number of nitrogens with one attached hydrogen (secondary N) is 1. The summed E-state index contributed by atoms with van der Waals surface area (Å²) in [6.07, 6.45) is 8.26. The molecule has 3 unspecified atom stereocenters. The number of fused-ring (bicyclic) bond motifs is 2. The van der Waals surface area contributed by atoms with E-state index in [0.717, 1.165) is 18.5 Å². The Hall–Kier alpha value is -3.13. The molecule has 2 N–H and O–H groups in total. The molecule has 2 bridgehead atoms. The van der Waals surface area contributed by atoms with Gasteiger partial charge in [0.25, 0.3) is 0 Å². The Kier molecular flexibility index (Phi) is 5.02. The predicted octanol–water partition coefficient (Wildman–Crippen LogP) is 3.56. The Labute approximate surface area is 180 Å². The highest BCUT2D eigenvalue weighted by molar-refractivity contribution is 5.68. The first kappa shape index (κ1) is 19.8. The molecule has 5 atom stereocenters. The number of imidazole rings is 1. The molecular weight excluding hydrogens is 395 g/mol. The molecule has 3 aromatic rings. The lowest BCUT2D eigenvalue weighted by Gasteiger charge is -2.45. The van der Waals surface area contributed by atoms with E-state index in [9.17, 15) is 5.11 Å². The highest BCUT2D eigenvalue weighted by atomic mass is 19.1. The highest BCUT2D eigenvalue weighted by Crippen LogP contribution is 2.40. The van der Waals surface area contributed by atoms with Crippen LogP contribution >= 0.6 is 0 Å². The maximum Gasteiger partial charge on any atom is 0.177 e. The highest BCUT2D eigenvalue weighted by Gasteiger charge is 2.43. The van der Waals surface area contributed by atoms with Crippen LogP contribution in [0.15, 0.2) is 49.7 Å². The molecule has 1 aromatic carbocycles. The van der Waals surface area contributed by atoms with Crippen molar-refractivity contribution in [1.29, 1.82) is 0 Å². The molecule has 4 heterocycles. The van der Waals surface area contributed by atoms with Crippen LogP contribution in [0.4, 0.5) is 4.39 Å². The minimum absolute atomic E-state index is 0.0676. The number of allylic oxidation sites excluding steroid dienone is 1. The quantitative estimate of drug-likeness (QED) is 0.671. The number of aromatic nitrogens is 5. The van der Waals surface area contributed by atoms with E-state index in [-0.39, 0.29) is 17.7 Å². The number of phenolic OH excluding ortho intramolecular Hbond substituents is 1. The second-order valence-corrected chi connectivity index (χ2v) is 8.70. The van der Waals surface area contributed by atoms with Crippen molar-refractivity contribution in [1.82, 2.24) is 30.0 Å². The fourth-order valence-electron chi connectivity index (χ4n) is 4.91. The molecule has 2 fully saturated rings. The van der Waals surface area contributed by atoms with Crippen molar-refractivity contribution in [3.8, 4) is 22.7 Å². The van der Waals surface area contributed by atoms with Gasteiger partial charge in [-0.1, -0.05) is 13.5 Å².